The number of unbranched alkanes of at least 4 members (excludes halogenated alkanes) is 1. The van der Waals surface area contributed by atoms with Crippen LogP contribution in [0.15, 0.2) is 30.3 Å². The Morgan fingerprint density at radius 3 is 2.64 bits per heavy atom. The number of para-hydroxylation sites is 1. The Bertz CT molecular complexity index is 575. The van der Waals surface area contributed by atoms with Crippen LogP contribution >= 0.6 is 0 Å². The van der Waals surface area contributed by atoms with Gasteiger partial charge in [-0.25, -0.2) is 4.79 Å². The molecule has 2 rings (SSSR count). The topological polar surface area (TPSA) is 29.5 Å². The van der Waals surface area contributed by atoms with E-state index < -0.39 is 0 Å². The van der Waals surface area contributed by atoms with E-state index in [1.165, 1.54) is 18.2 Å². The Labute approximate surface area is 134 Å². The summed E-state index contributed by atoms with van der Waals surface area (Å²) in [4.78, 5) is 14.6. The van der Waals surface area contributed by atoms with Crippen molar-refractivity contribution in [3.63, 3.8) is 0 Å². The van der Waals surface area contributed by atoms with Crippen LogP contribution in [-0.4, -0.2) is 24.7 Å². The molecule has 1 aliphatic heterocycles. The minimum atomic E-state index is -0.245. The third-order valence-corrected chi connectivity index (χ3v) is 4.40. The van der Waals surface area contributed by atoms with E-state index in [2.05, 4.69) is 50.8 Å². The number of rotatable bonds is 5. The van der Waals surface area contributed by atoms with Crippen molar-refractivity contribution in [1.29, 1.82) is 0 Å². The third-order valence-electron chi connectivity index (χ3n) is 4.40. The van der Waals surface area contributed by atoms with Gasteiger partial charge in [-0.2, -0.15) is 0 Å². The Morgan fingerprint density at radius 1 is 1.32 bits per heavy atom. The van der Waals surface area contributed by atoms with Gasteiger partial charge in [0.15, 0.2) is 0 Å². The zero-order valence-corrected chi connectivity index (χ0v) is 14.3. The molecule has 0 unspecified atom stereocenters. The van der Waals surface area contributed by atoms with Crippen molar-refractivity contribution in [3.8, 4) is 0 Å². The molecular weight excluding hydrogens is 274 g/mol. The molecule has 0 saturated carbocycles. The maximum absolute atomic E-state index is 12.4. The molecule has 1 aromatic carbocycles. The van der Waals surface area contributed by atoms with Crippen molar-refractivity contribution in [2.24, 2.45) is 0 Å². The molecule has 1 heterocycles. The molecule has 0 saturated heterocycles. The number of nitrogens with zero attached hydrogens (tertiary/aromatic N) is 1. The predicted molar refractivity (Wildman–Crippen MR) is 92.0 cm³/mol. The monoisotopic (exact) mass is 301 g/mol. The molecule has 0 spiro atoms. The summed E-state index contributed by atoms with van der Waals surface area (Å²) in [7, 11) is 1.48. The van der Waals surface area contributed by atoms with E-state index in [0.717, 1.165) is 24.9 Å². The van der Waals surface area contributed by atoms with Crippen molar-refractivity contribution in [2.45, 2.75) is 58.5 Å². The molecule has 0 N–H and O–H groups in total. The van der Waals surface area contributed by atoms with Gasteiger partial charge in [0.1, 0.15) is 6.04 Å². The normalized spacial score (nSPS) is 17.5. The minimum Gasteiger partial charge on any atom is -0.467 e. The molecule has 0 bridgehead atoms. The molecule has 1 aliphatic rings. The predicted octanol–water partition coefficient (Wildman–Crippen LogP) is 4.42. The van der Waals surface area contributed by atoms with E-state index in [4.69, 9.17) is 4.74 Å². The van der Waals surface area contributed by atoms with Crippen LogP contribution in [0.5, 0.6) is 0 Å². The summed E-state index contributed by atoms with van der Waals surface area (Å²) >= 11 is 0. The lowest BCUT2D eigenvalue weighted by Crippen LogP contribution is -2.54. The second-order valence-corrected chi connectivity index (χ2v) is 6.55. The summed E-state index contributed by atoms with van der Waals surface area (Å²) in [6, 6.07) is 8.07. The highest BCUT2D eigenvalue weighted by Crippen LogP contribution is 2.40. The van der Waals surface area contributed by atoms with Gasteiger partial charge < -0.3 is 9.64 Å². The zero-order chi connectivity index (χ0) is 16.3. The van der Waals surface area contributed by atoms with Crippen molar-refractivity contribution in [1.82, 2.24) is 0 Å². The molecule has 120 valence electrons. The third kappa shape index (κ3) is 3.03. The Balaban J connectivity index is 2.51. The van der Waals surface area contributed by atoms with Crippen LogP contribution in [0.25, 0.3) is 5.57 Å². The second-order valence-electron chi connectivity index (χ2n) is 6.55. The zero-order valence-electron chi connectivity index (χ0n) is 14.3. The average molecular weight is 301 g/mol. The lowest BCUT2D eigenvalue weighted by atomic mass is 9.86. The van der Waals surface area contributed by atoms with Crippen LogP contribution in [0.1, 0.15) is 52.5 Å². The lowest BCUT2D eigenvalue weighted by molar-refractivity contribution is -0.142. The smallest absolute Gasteiger partial charge is 0.328 e. The molecule has 1 atom stereocenters. The number of benzene rings is 1. The summed E-state index contributed by atoms with van der Waals surface area (Å²) in [5, 5.41) is 0. The number of hydrogen-bond acceptors (Lipinski definition) is 3. The molecule has 0 aromatic heterocycles. The highest BCUT2D eigenvalue weighted by molar-refractivity contribution is 5.87. The van der Waals surface area contributed by atoms with Gasteiger partial charge in [0.2, 0.25) is 0 Å². The SMILES string of the molecule is CCCC[C@@H](C(=O)OC)N1c2ccccc2C(C)=CC1(C)C. The van der Waals surface area contributed by atoms with Crippen LogP contribution in [-0.2, 0) is 9.53 Å². The van der Waals surface area contributed by atoms with Crippen LogP contribution < -0.4 is 4.90 Å². The fourth-order valence-electron chi connectivity index (χ4n) is 3.46. The van der Waals surface area contributed by atoms with Gasteiger partial charge in [0.25, 0.3) is 0 Å². The fourth-order valence-corrected chi connectivity index (χ4v) is 3.46. The molecule has 0 fully saturated rings. The van der Waals surface area contributed by atoms with Crippen molar-refractivity contribution < 1.29 is 9.53 Å². The summed E-state index contributed by atoms with van der Waals surface area (Å²) in [6.07, 6.45) is 5.14. The van der Waals surface area contributed by atoms with Crippen LogP contribution in [0, 0.1) is 0 Å². The van der Waals surface area contributed by atoms with Gasteiger partial charge in [0, 0.05) is 11.3 Å². The van der Waals surface area contributed by atoms with E-state index in [-0.39, 0.29) is 17.6 Å². The summed E-state index contributed by atoms with van der Waals surface area (Å²) in [5.41, 5.74) is 3.37. The molecule has 1 aromatic rings. The van der Waals surface area contributed by atoms with Crippen molar-refractivity contribution in [3.05, 3.63) is 35.9 Å². The van der Waals surface area contributed by atoms with Crippen LogP contribution in [0.3, 0.4) is 0 Å². The molecule has 0 radical (unpaired) electrons. The summed E-state index contributed by atoms with van der Waals surface area (Å²) < 4.78 is 5.10. The number of ether oxygens (including phenoxy) is 1. The van der Waals surface area contributed by atoms with Crippen molar-refractivity contribution >= 4 is 17.2 Å². The van der Waals surface area contributed by atoms with Gasteiger partial charge >= 0.3 is 5.97 Å². The molecule has 0 amide bonds. The summed E-state index contributed by atoms with van der Waals surface area (Å²) in [5.74, 6) is -0.149. The van der Waals surface area contributed by atoms with E-state index in [0.29, 0.717) is 0 Å². The van der Waals surface area contributed by atoms with Gasteiger partial charge in [0.05, 0.1) is 12.6 Å². The molecule has 22 heavy (non-hydrogen) atoms. The number of fused-ring (bicyclic) bond motifs is 1. The first-order valence-corrected chi connectivity index (χ1v) is 8.08. The number of methoxy groups -OCH3 is 1. The van der Waals surface area contributed by atoms with Crippen molar-refractivity contribution in [2.75, 3.05) is 12.0 Å². The number of carbonyl (C=O) groups excluding carboxylic acids is 1. The maximum atomic E-state index is 12.4. The number of allylic oxidation sites excluding steroid dienone is 1. The highest BCUT2D eigenvalue weighted by atomic mass is 16.5. The lowest BCUT2D eigenvalue weighted by Gasteiger charge is -2.46. The van der Waals surface area contributed by atoms with E-state index in [1.807, 2.05) is 12.1 Å². The average Bonchev–Trinajstić information content (AvgIpc) is 2.49. The molecular formula is C19H27NO2. The fraction of sp³-hybridized carbons (Fsp3) is 0.526. The summed E-state index contributed by atoms with van der Waals surface area (Å²) in [6.45, 7) is 8.60. The number of esters is 1. The quantitative estimate of drug-likeness (QED) is 0.754. The molecule has 3 heteroatoms. The first kappa shape index (κ1) is 16.6. The number of anilines is 1. The number of carbonyl (C=O) groups is 1. The van der Waals surface area contributed by atoms with E-state index in [1.54, 1.807) is 0 Å². The Morgan fingerprint density at radius 2 is 2.00 bits per heavy atom. The highest BCUT2D eigenvalue weighted by Gasteiger charge is 2.39. The second kappa shape index (κ2) is 6.55. The first-order valence-electron chi connectivity index (χ1n) is 8.08. The molecule has 0 aliphatic carbocycles. The Hall–Kier alpha value is -1.77. The van der Waals surface area contributed by atoms with Crippen LogP contribution in [0.4, 0.5) is 5.69 Å². The standard InChI is InChI=1S/C19H27NO2/c1-6-7-11-17(18(21)22-5)20-16-12-9-8-10-15(16)14(2)13-19(20,3)4/h8-10,12-13,17H,6-7,11H2,1-5H3/t17-/m0/s1. The minimum absolute atomic E-state index is 0.149. The van der Waals surface area contributed by atoms with E-state index in [9.17, 15) is 4.79 Å². The van der Waals surface area contributed by atoms with Crippen LogP contribution in [0.2, 0.25) is 0 Å². The van der Waals surface area contributed by atoms with Gasteiger partial charge in [-0.15, -0.1) is 0 Å². The van der Waals surface area contributed by atoms with Gasteiger partial charge in [-0.05, 0) is 38.8 Å². The van der Waals surface area contributed by atoms with Gasteiger partial charge in [-0.3, -0.25) is 0 Å². The number of hydrogen-bond donors (Lipinski definition) is 0. The molecule has 3 nitrogen and oxygen atoms in total. The Kier molecular flexibility index (Phi) is 4.94. The maximum Gasteiger partial charge on any atom is 0.328 e. The largest absolute Gasteiger partial charge is 0.467 e. The van der Waals surface area contributed by atoms with Gasteiger partial charge in [-0.1, -0.05) is 44.0 Å². The first-order chi connectivity index (χ1) is 10.4. The van der Waals surface area contributed by atoms with E-state index >= 15 is 0 Å².